The van der Waals surface area contributed by atoms with E-state index in [4.69, 9.17) is 0 Å². The SMILES string of the molecule is CC(C)C(CCO)CCC(C)[C@H]1CC[C@H]2[C@@H]3C(=O)C=C4CCCC[C@]4(C)[C@H]3CC[C@]12C. The van der Waals surface area contributed by atoms with Gasteiger partial charge in [-0.25, -0.2) is 0 Å². The van der Waals surface area contributed by atoms with Crippen LogP contribution in [0, 0.1) is 52.3 Å². The first-order chi connectivity index (χ1) is 14.7. The number of ketones is 1. The fourth-order valence-corrected chi connectivity index (χ4v) is 9.06. The molecule has 0 heterocycles. The van der Waals surface area contributed by atoms with Crippen LogP contribution in [0.4, 0.5) is 0 Å². The van der Waals surface area contributed by atoms with Gasteiger partial charge in [0.05, 0.1) is 0 Å². The Morgan fingerprint density at radius 3 is 2.48 bits per heavy atom. The van der Waals surface area contributed by atoms with E-state index in [-0.39, 0.29) is 0 Å². The average molecular weight is 429 g/mol. The van der Waals surface area contributed by atoms with E-state index in [0.29, 0.717) is 52.8 Å². The Balaban J connectivity index is 1.50. The lowest BCUT2D eigenvalue weighted by Gasteiger charge is -2.57. The third kappa shape index (κ3) is 3.98. The Kier molecular flexibility index (Phi) is 6.80. The molecule has 0 aliphatic heterocycles. The van der Waals surface area contributed by atoms with E-state index in [1.165, 1.54) is 63.4 Å². The summed E-state index contributed by atoms with van der Waals surface area (Å²) in [5, 5.41) is 9.46. The minimum atomic E-state index is 0.292. The van der Waals surface area contributed by atoms with Crippen molar-refractivity contribution in [3.8, 4) is 0 Å². The van der Waals surface area contributed by atoms with E-state index >= 15 is 0 Å². The summed E-state index contributed by atoms with van der Waals surface area (Å²) < 4.78 is 0. The molecule has 31 heavy (non-hydrogen) atoms. The van der Waals surface area contributed by atoms with Crippen molar-refractivity contribution < 1.29 is 9.90 Å². The van der Waals surface area contributed by atoms with Crippen molar-refractivity contribution in [2.24, 2.45) is 52.3 Å². The van der Waals surface area contributed by atoms with Crippen molar-refractivity contribution >= 4 is 5.78 Å². The molecule has 0 aromatic heterocycles. The predicted octanol–water partition coefficient (Wildman–Crippen LogP) is 7.21. The van der Waals surface area contributed by atoms with E-state index in [0.717, 1.165) is 24.7 Å². The lowest BCUT2D eigenvalue weighted by molar-refractivity contribution is -0.134. The van der Waals surface area contributed by atoms with Crippen LogP contribution in [0.25, 0.3) is 0 Å². The molecule has 2 nitrogen and oxygen atoms in total. The molecule has 2 unspecified atom stereocenters. The van der Waals surface area contributed by atoms with Crippen LogP contribution in [0.5, 0.6) is 0 Å². The van der Waals surface area contributed by atoms with Crippen molar-refractivity contribution in [1.29, 1.82) is 0 Å². The van der Waals surface area contributed by atoms with Crippen LogP contribution in [-0.2, 0) is 4.79 Å². The Morgan fingerprint density at radius 1 is 1.00 bits per heavy atom. The van der Waals surface area contributed by atoms with E-state index in [1.807, 2.05) is 0 Å². The highest BCUT2D eigenvalue weighted by Crippen LogP contribution is 2.66. The number of rotatable bonds is 7. The molecule has 1 N–H and O–H groups in total. The van der Waals surface area contributed by atoms with Gasteiger partial charge in [-0.15, -0.1) is 0 Å². The number of fused-ring (bicyclic) bond motifs is 5. The van der Waals surface area contributed by atoms with Gasteiger partial charge in [-0.05, 0) is 110 Å². The Bertz CT molecular complexity index is 693. The number of hydrogen-bond acceptors (Lipinski definition) is 2. The number of carbonyl (C=O) groups excluding carboxylic acids is 1. The second-order valence-corrected chi connectivity index (χ2v) is 12.7. The van der Waals surface area contributed by atoms with E-state index in [2.05, 4.69) is 40.7 Å². The molecule has 4 aliphatic rings. The molecule has 4 aliphatic carbocycles. The van der Waals surface area contributed by atoms with Gasteiger partial charge in [0.2, 0.25) is 0 Å². The molecule has 3 fully saturated rings. The summed E-state index contributed by atoms with van der Waals surface area (Å²) >= 11 is 0. The van der Waals surface area contributed by atoms with Gasteiger partial charge in [-0.2, -0.15) is 0 Å². The van der Waals surface area contributed by atoms with Crippen LogP contribution < -0.4 is 0 Å². The summed E-state index contributed by atoms with van der Waals surface area (Å²) in [5.41, 5.74) is 2.15. The van der Waals surface area contributed by atoms with Gasteiger partial charge in [0.15, 0.2) is 5.78 Å². The van der Waals surface area contributed by atoms with Crippen LogP contribution in [0.2, 0.25) is 0 Å². The largest absolute Gasteiger partial charge is 0.396 e. The lowest BCUT2D eigenvalue weighted by Crippen LogP contribution is -2.53. The molecule has 0 bridgehead atoms. The minimum absolute atomic E-state index is 0.292. The molecule has 3 saturated carbocycles. The maximum atomic E-state index is 13.4. The highest BCUT2D eigenvalue weighted by Gasteiger charge is 2.60. The smallest absolute Gasteiger partial charge is 0.159 e. The number of allylic oxidation sites excluding steroid dienone is 2. The summed E-state index contributed by atoms with van der Waals surface area (Å²) in [6.07, 6.45) is 15.9. The fourth-order valence-electron chi connectivity index (χ4n) is 9.06. The summed E-state index contributed by atoms with van der Waals surface area (Å²) in [7, 11) is 0. The topological polar surface area (TPSA) is 37.3 Å². The second-order valence-electron chi connectivity index (χ2n) is 12.7. The first-order valence-corrected chi connectivity index (χ1v) is 13.6. The van der Waals surface area contributed by atoms with Crippen LogP contribution in [-0.4, -0.2) is 17.5 Å². The maximum Gasteiger partial charge on any atom is 0.159 e. The van der Waals surface area contributed by atoms with Crippen molar-refractivity contribution in [3.05, 3.63) is 11.6 Å². The first kappa shape index (κ1) is 23.5. The molecule has 0 aromatic rings. The minimum Gasteiger partial charge on any atom is -0.396 e. The van der Waals surface area contributed by atoms with Gasteiger partial charge in [0.25, 0.3) is 0 Å². The van der Waals surface area contributed by atoms with Gasteiger partial charge < -0.3 is 5.11 Å². The number of aliphatic hydroxyl groups excluding tert-OH is 1. The molecular weight excluding hydrogens is 380 g/mol. The normalized spacial score (nSPS) is 41.9. The first-order valence-electron chi connectivity index (χ1n) is 13.6. The quantitative estimate of drug-likeness (QED) is 0.465. The summed E-state index contributed by atoms with van der Waals surface area (Å²) in [6.45, 7) is 12.5. The van der Waals surface area contributed by atoms with Crippen molar-refractivity contribution in [2.45, 2.75) is 105 Å². The lowest BCUT2D eigenvalue weighted by atomic mass is 9.46. The third-order valence-electron chi connectivity index (χ3n) is 11.1. The predicted molar refractivity (Wildman–Crippen MR) is 129 cm³/mol. The Hall–Kier alpha value is -0.630. The molecule has 0 saturated heterocycles. The van der Waals surface area contributed by atoms with Crippen molar-refractivity contribution in [1.82, 2.24) is 0 Å². The number of aliphatic hydroxyl groups is 1. The molecule has 2 heteroatoms. The molecule has 176 valence electrons. The Morgan fingerprint density at radius 2 is 1.77 bits per heavy atom. The third-order valence-corrected chi connectivity index (χ3v) is 11.1. The van der Waals surface area contributed by atoms with E-state index in [9.17, 15) is 9.90 Å². The van der Waals surface area contributed by atoms with Crippen molar-refractivity contribution in [2.75, 3.05) is 6.61 Å². The summed E-state index contributed by atoms with van der Waals surface area (Å²) in [4.78, 5) is 13.4. The fraction of sp³-hybridized carbons (Fsp3) is 0.897. The van der Waals surface area contributed by atoms with Crippen LogP contribution in [0.1, 0.15) is 105 Å². The summed E-state index contributed by atoms with van der Waals surface area (Å²) in [5.74, 6) is 4.76. The zero-order valence-corrected chi connectivity index (χ0v) is 21.0. The molecule has 0 spiro atoms. The molecule has 8 atom stereocenters. The van der Waals surface area contributed by atoms with Gasteiger partial charge in [0, 0.05) is 12.5 Å². The van der Waals surface area contributed by atoms with E-state index in [1.54, 1.807) is 0 Å². The van der Waals surface area contributed by atoms with Crippen molar-refractivity contribution in [3.63, 3.8) is 0 Å². The van der Waals surface area contributed by atoms with Gasteiger partial charge in [0.1, 0.15) is 0 Å². The molecule has 0 aromatic carbocycles. The van der Waals surface area contributed by atoms with Crippen LogP contribution in [0.3, 0.4) is 0 Å². The molecule has 0 radical (unpaired) electrons. The van der Waals surface area contributed by atoms with Gasteiger partial charge in [-0.3, -0.25) is 4.79 Å². The van der Waals surface area contributed by atoms with Gasteiger partial charge >= 0.3 is 0 Å². The standard InChI is InChI=1S/C29H48O2/c1-19(2)21(14-17-30)10-9-20(3)23-11-12-24-27-25(13-16-29(23,24)5)28(4)15-7-6-8-22(28)18-26(27)31/h18-21,23-25,27,30H,6-17H2,1-5H3/t20?,21?,23-,24+,25+,27+,28+,29-/m1/s1. The van der Waals surface area contributed by atoms with Gasteiger partial charge in [-0.1, -0.05) is 53.0 Å². The van der Waals surface area contributed by atoms with Crippen LogP contribution >= 0.6 is 0 Å². The zero-order valence-electron chi connectivity index (χ0n) is 21.0. The molecular formula is C29H48O2. The second kappa shape index (κ2) is 8.96. The summed E-state index contributed by atoms with van der Waals surface area (Å²) in [6, 6.07) is 0. The van der Waals surface area contributed by atoms with Crippen LogP contribution in [0.15, 0.2) is 11.6 Å². The maximum absolute atomic E-state index is 13.4. The number of carbonyl (C=O) groups is 1. The monoisotopic (exact) mass is 428 g/mol. The molecule has 4 rings (SSSR count). The Labute approximate surface area is 191 Å². The van der Waals surface area contributed by atoms with E-state index < -0.39 is 0 Å². The molecule has 0 amide bonds. The highest BCUT2D eigenvalue weighted by molar-refractivity contribution is 5.94. The average Bonchev–Trinajstić information content (AvgIpc) is 3.08. The zero-order chi connectivity index (χ0) is 22.4. The highest BCUT2D eigenvalue weighted by atomic mass is 16.3. The number of hydrogen-bond donors (Lipinski definition) is 1.